The molecular formula is C14H13N3O. The largest absolute Gasteiger partial charge is 0.323 e. The Balaban J connectivity index is 1.87. The normalized spacial score (nSPS) is 9.94. The molecule has 4 heteroatoms. The molecule has 0 aliphatic carbocycles. The molecule has 90 valence electrons. The second kappa shape index (κ2) is 5.78. The molecule has 0 unspecified atom stereocenters. The number of imidazole rings is 1. The number of benzene rings is 1. The van der Waals surface area contributed by atoms with Crippen molar-refractivity contribution in [3.63, 3.8) is 0 Å². The van der Waals surface area contributed by atoms with E-state index in [4.69, 9.17) is 5.26 Å². The lowest BCUT2D eigenvalue weighted by molar-refractivity contribution is 0.0978. The second-order valence-electron chi connectivity index (χ2n) is 3.95. The van der Waals surface area contributed by atoms with Crippen LogP contribution in [0.3, 0.4) is 0 Å². The van der Waals surface area contributed by atoms with Crippen LogP contribution in [0.1, 0.15) is 29.0 Å². The van der Waals surface area contributed by atoms with E-state index in [1.807, 2.05) is 36.4 Å². The molecule has 18 heavy (non-hydrogen) atoms. The highest BCUT2D eigenvalue weighted by molar-refractivity contribution is 5.95. The van der Waals surface area contributed by atoms with Crippen molar-refractivity contribution in [3.8, 4) is 6.07 Å². The van der Waals surface area contributed by atoms with Crippen LogP contribution in [-0.2, 0) is 6.54 Å². The first-order chi connectivity index (χ1) is 8.81. The number of ketones is 1. The summed E-state index contributed by atoms with van der Waals surface area (Å²) in [6.07, 6.45) is 4.54. The Morgan fingerprint density at radius 1 is 1.33 bits per heavy atom. The molecule has 0 N–H and O–H groups in total. The van der Waals surface area contributed by atoms with Gasteiger partial charge in [-0.3, -0.25) is 4.79 Å². The fourth-order valence-corrected chi connectivity index (χ4v) is 1.78. The molecule has 1 aromatic carbocycles. The minimum Gasteiger partial charge on any atom is -0.323 e. The predicted octanol–water partition coefficient (Wildman–Crippen LogP) is 2.42. The molecule has 1 heterocycles. The SMILES string of the molecule is N#Cc1nccn1CCCC(=O)c1ccccc1. The van der Waals surface area contributed by atoms with E-state index in [1.54, 1.807) is 17.0 Å². The van der Waals surface area contributed by atoms with Crippen molar-refractivity contribution < 1.29 is 4.79 Å². The summed E-state index contributed by atoms with van der Waals surface area (Å²) in [7, 11) is 0. The molecule has 0 saturated heterocycles. The van der Waals surface area contributed by atoms with E-state index >= 15 is 0 Å². The van der Waals surface area contributed by atoms with Gasteiger partial charge in [-0.1, -0.05) is 30.3 Å². The number of hydrogen-bond donors (Lipinski definition) is 0. The van der Waals surface area contributed by atoms with Gasteiger partial charge in [-0.2, -0.15) is 5.26 Å². The monoisotopic (exact) mass is 239 g/mol. The number of nitrogens with zero attached hydrogens (tertiary/aromatic N) is 3. The molecule has 0 atom stereocenters. The first-order valence-corrected chi connectivity index (χ1v) is 5.81. The van der Waals surface area contributed by atoms with Gasteiger partial charge < -0.3 is 4.57 Å². The van der Waals surface area contributed by atoms with E-state index in [-0.39, 0.29) is 5.78 Å². The Bertz CT molecular complexity index is 566. The van der Waals surface area contributed by atoms with Crippen molar-refractivity contribution in [1.29, 1.82) is 5.26 Å². The van der Waals surface area contributed by atoms with Crippen molar-refractivity contribution in [3.05, 3.63) is 54.1 Å². The average Bonchev–Trinajstić information content (AvgIpc) is 2.87. The van der Waals surface area contributed by atoms with Gasteiger partial charge >= 0.3 is 0 Å². The number of aryl methyl sites for hydroxylation is 1. The van der Waals surface area contributed by atoms with Gasteiger partial charge in [0.05, 0.1) is 0 Å². The van der Waals surface area contributed by atoms with Crippen LogP contribution in [0.4, 0.5) is 0 Å². The van der Waals surface area contributed by atoms with Crippen LogP contribution in [-0.4, -0.2) is 15.3 Å². The third-order valence-corrected chi connectivity index (χ3v) is 2.71. The molecule has 0 aliphatic heterocycles. The molecule has 2 rings (SSSR count). The minimum absolute atomic E-state index is 0.134. The lowest BCUT2D eigenvalue weighted by Gasteiger charge is -2.03. The molecule has 0 spiro atoms. The fraction of sp³-hybridized carbons (Fsp3) is 0.214. The van der Waals surface area contributed by atoms with Crippen LogP contribution in [0, 0.1) is 11.3 Å². The molecule has 0 radical (unpaired) electrons. The number of carbonyl (C=O) groups excluding carboxylic acids is 1. The highest BCUT2D eigenvalue weighted by Gasteiger charge is 2.06. The molecule has 0 aliphatic rings. The molecule has 0 fully saturated rings. The smallest absolute Gasteiger partial charge is 0.212 e. The van der Waals surface area contributed by atoms with Crippen molar-refractivity contribution >= 4 is 5.78 Å². The van der Waals surface area contributed by atoms with E-state index in [9.17, 15) is 4.79 Å². The summed E-state index contributed by atoms with van der Waals surface area (Å²) in [6.45, 7) is 0.640. The topological polar surface area (TPSA) is 58.7 Å². The summed E-state index contributed by atoms with van der Waals surface area (Å²) in [6, 6.07) is 11.3. The van der Waals surface area contributed by atoms with Gasteiger partial charge in [0.15, 0.2) is 5.78 Å². The maximum Gasteiger partial charge on any atom is 0.212 e. The molecule has 4 nitrogen and oxygen atoms in total. The average molecular weight is 239 g/mol. The number of rotatable bonds is 5. The minimum atomic E-state index is 0.134. The standard InChI is InChI=1S/C14H13N3O/c15-11-14-16-8-10-17(14)9-4-7-13(18)12-5-2-1-3-6-12/h1-3,5-6,8,10H,4,7,9H2. The Kier molecular flexibility index (Phi) is 3.87. The third kappa shape index (κ3) is 2.83. The highest BCUT2D eigenvalue weighted by atomic mass is 16.1. The van der Waals surface area contributed by atoms with Crippen molar-refractivity contribution in [2.24, 2.45) is 0 Å². The molecule has 1 aromatic heterocycles. The molecule has 2 aromatic rings. The summed E-state index contributed by atoms with van der Waals surface area (Å²) >= 11 is 0. The lowest BCUT2D eigenvalue weighted by atomic mass is 10.1. The Hall–Kier alpha value is -2.41. The summed E-state index contributed by atoms with van der Waals surface area (Å²) in [4.78, 5) is 15.7. The molecule has 0 amide bonds. The fourth-order valence-electron chi connectivity index (χ4n) is 1.78. The predicted molar refractivity (Wildman–Crippen MR) is 66.9 cm³/mol. The number of hydrogen-bond acceptors (Lipinski definition) is 3. The number of carbonyl (C=O) groups is 1. The second-order valence-corrected chi connectivity index (χ2v) is 3.95. The van der Waals surface area contributed by atoms with E-state index < -0.39 is 0 Å². The van der Waals surface area contributed by atoms with Gasteiger partial charge in [0.25, 0.3) is 0 Å². The van der Waals surface area contributed by atoms with E-state index in [0.717, 1.165) is 5.56 Å². The molecule has 0 saturated carbocycles. The number of aromatic nitrogens is 2. The first kappa shape index (κ1) is 12.1. The van der Waals surface area contributed by atoms with Gasteiger partial charge in [-0.15, -0.1) is 0 Å². The van der Waals surface area contributed by atoms with Crippen molar-refractivity contribution in [2.45, 2.75) is 19.4 Å². The van der Waals surface area contributed by atoms with E-state index in [2.05, 4.69) is 4.98 Å². The number of Topliss-reactive ketones (excluding diaryl/α,β-unsaturated/α-hetero) is 1. The Labute approximate surface area is 106 Å². The van der Waals surface area contributed by atoms with Crippen LogP contribution in [0.5, 0.6) is 0 Å². The first-order valence-electron chi connectivity index (χ1n) is 5.81. The zero-order valence-electron chi connectivity index (χ0n) is 9.91. The summed E-state index contributed by atoms with van der Waals surface area (Å²) in [5.41, 5.74) is 0.739. The maximum atomic E-state index is 11.8. The Morgan fingerprint density at radius 3 is 2.83 bits per heavy atom. The quantitative estimate of drug-likeness (QED) is 0.753. The van der Waals surface area contributed by atoms with E-state index in [1.165, 1.54) is 0 Å². The van der Waals surface area contributed by atoms with E-state index in [0.29, 0.717) is 25.2 Å². The Morgan fingerprint density at radius 2 is 2.11 bits per heavy atom. The zero-order chi connectivity index (χ0) is 12.8. The van der Waals surface area contributed by atoms with Gasteiger partial charge in [-0.25, -0.2) is 4.98 Å². The van der Waals surface area contributed by atoms with Crippen LogP contribution in [0.2, 0.25) is 0 Å². The highest BCUT2D eigenvalue weighted by Crippen LogP contribution is 2.07. The maximum absolute atomic E-state index is 11.8. The summed E-state index contributed by atoms with van der Waals surface area (Å²) < 4.78 is 1.76. The van der Waals surface area contributed by atoms with Gasteiger partial charge in [-0.05, 0) is 6.42 Å². The van der Waals surface area contributed by atoms with Crippen molar-refractivity contribution in [2.75, 3.05) is 0 Å². The summed E-state index contributed by atoms with van der Waals surface area (Å²) in [5, 5.41) is 8.79. The van der Waals surface area contributed by atoms with Crippen LogP contribution in [0.15, 0.2) is 42.7 Å². The van der Waals surface area contributed by atoms with Crippen LogP contribution < -0.4 is 0 Å². The zero-order valence-corrected chi connectivity index (χ0v) is 9.91. The molecular weight excluding hydrogens is 226 g/mol. The number of nitriles is 1. The lowest BCUT2D eigenvalue weighted by Crippen LogP contribution is -2.04. The summed E-state index contributed by atoms with van der Waals surface area (Å²) in [5.74, 6) is 0.524. The van der Waals surface area contributed by atoms with Crippen LogP contribution in [0.25, 0.3) is 0 Å². The third-order valence-electron chi connectivity index (χ3n) is 2.71. The van der Waals surface area contributed by atoms with Gasteiger partial charge in [0, 0.05) is 30.9 Å². The van der Waals surface area contributed by atoms with Crippen LogP contribution >= 0.6 is 0 Å². The van der Waals surface area contributed by atoms with Gasteiger partial charge in [0.2, 0.25) is 5.82 Å². The molecule has 0 bridgehead atoms. The van der Waals surface area contributed by atoms with Gasteiger partial charge in [0.1, 0.15) is 6.07 Å². The van der Waals surface area contributed by atoms with Crippen molar-refractivity contribution in [1.82, 2.24) is 9.55 Å².